The maximum Gasteiger partial charge on any atom is 0.348 e. The van der Waals surface area contributed by atoms with Crippen LogP contribution in [-0.2, 0) is 33.4 Å². The second-order valence-corrected chi connectivity index (χ2v) is 11.7. The zero-order valence-electron chi connectivity index (χ0n) is 22.1. The fraction of sp³-hybridized carbons (Fsp3) is 0.273. The number of benzene rings is 2. The lowest BCUT2D eigenvalue weighted by molar-refractivity contribution is -0.154. The van der Waals surface area contributed by atoms with Crippen molar-refractivity contribution < 1.29 is 28.0 Å². The highest BCUT2D eigenvalue weighted by molar-refractivity contribution is 6.66. The molecule has 1 atom stereocenters. The molecule has 7 nitrogen and oxygen atoms in total. The van der Waals surface area contributed by atoms with Gasteiger partial charge in [-0.25, -0.2) is 0 Å². The number of imide groups is 1. The number of nitrogens with zero attached hydrogens (tertiary/aromatic N) is 2. The van der Waals surface area contributed by atoms with Gasteiger partial charge in [0.05, 0.1) is 5.44 Å². The Hall–Kier alpha value is -2.94. The second kappa shape index (κ2) is 9.07. The number of nitrogens with one attached hydrogen (secondary N) is 1. The third-order valence-electron chi connectivity index (χ3n) is 8.77. The van der Waals surface area contributed by atoms with E-state index in [0.717, 1.165) is 16.9 Å². The summed E-state index contributed by atoms with van der Waals surface area (Å²) in [5, 5.41) is 0.842. The summed E-state index contributed by atoms with van der Waals surface area (Å²) in [5.74, 6) is -6.44. The molecular weight excluding hydrogens is 509 g/mol. The molecule has 2 aliphatic heterocycles. The van der Waals surface area contributed by atoms with Gasteiger partial charge in [-0.05, 0) is 34.5 Å². The molecule has 2 heterocycles. The third-order valence-corrected chi connectivity index (χ3v) is 9.02. The molecule has 0 unspecified atom stereocenters. The smallest absolute Gasteiger partial charge is 0.348 e. The molecule has 4 rings (SSSR count). The van der Waals surface area contributed by atoms with Crippen molar-refractivity contribution in [2.45, 2.75) is 34.9 Å². The number of alkyl halides is 2. The SMILES string of the molecule is BN(Cc1ccc2c(c1)CN([C@]1(B)C(=O)NC(=O)C(B)(B)C1(B)B)C2=O)C(=O)C(F)(F)c1ccc(Cl)cc1. The summed E-state index contributed by atoms with van der Waals surface area (Å²) in [7, 11) is 10.0. The van der Waals surface area contributed by atoms with Crippen molar-refractivity contribution in [2.75, 3.05) is 0 Å². The summed E-state index contributed by atoms with van der Waals surface area (Å²) in [4.78, 5) is 54.3. The Bertz CT molecular complexity index is 1380. The van der Waals surface area contributed by atoms with E-state index in [9.17, 15) is 28.0 Å². The highest BCUT2D eigenvalue weighted by Gasteiger charge is 2.64. The van der Waals surface area contributed by atoms with E-state index < -0.39 is 45.1 Å². The first-order chi connectivity index (χ1) is 17.5. The Labute approximate surface area is 229 Å². The monoisotopic (exact) mass is 533 g/mol. The number of hydrogen-bond acceptors (Lipinski definition) is 4. The molecule has 4 amide bonds. The maximum atomic E-state index is 14.9. The summed E-state index contributed by atoms with van der Waals surface area (Å²) >= 11 is 5.78. The van der Waals surface area contributed by atoms with Crippen molar-refractivity contribution in [3.8, 4) is 0 Å². The van der Waals surface area contributed by atoms with Gasteiger partial charge < -0.3 is 9.71 Å². The third kappa shape index (κ3) is 4.01. The standard InChI is InChI=1S/C22H24B6ClF2N3O4/c23-20(24)16(36)32-17(37)21(25,22(20,26)27)33-9-11-7-10(1-6-14(11)15(33)35)8-34(28)18(38)19(30,31)12-2-4-13(29)5-3-12/h1-7H,8-9,23-28H2,(H,32,36,37)/t21-/m1/s1. The van der Waals surface area contributed by atoms with E-state index >= 15 is 0 Å². The molecule has 190 valence electrons. The van der Waals surface area contributed by atoms with Gasteiger partial charge in [0, 0.05) is 29.2 Å². The van der Waals surface area contributed by atoms with Crippen molar-refractivity contribution in [1.82, 2.24) is 15.0 Å². The minimum absolute atomic E-state index is 0.0955. The van der Waals surface area contributed by atoms with Crippen molar-refractivity contribution in [3.05, 3.63) is 69.7 Å². The zero-order valence-corrected chi connectivity index (χ0v) is 22.9. The Morgan fingerprint density at radius 2 is 1.63 bits per heavy atom. The molecule has 2 aliphatic rings. The van der Waals surface area contributed by atoms with Gasteiger partial charge in [-0.15, -0.1) is 0 Å². The van der Waals surface area contributed by atoms with Crippen molar-refractivity contribution in [2.24, 2.45) is 0 Å². The van der Waals surface area contributed by atoms with E-state index in [-0.39, 0.29) is 24.0 Å². The molecule has 0 aliphatic carbocycles. The Morgan fingerprint density at radius 3 is 2.24 bits per heavy atom. The van der Waals surface area contributed by atoms with Gasteiger partial charge in [0.25, 0.3) is 11.8 Å². The van der Waals surface area contributed by atoms with Crippen LogP contribution in [0.3, 0.4) is 0 Å². The van der Waals surface area contributed by atoms with Crippen LogP contribution in [0, 0.1) is 0 Å². The zero-order chi connectivity index (χ0) is 28.4. The molecule has 2 aromatic carbocycles. The molecule has 1 N–H and O–H groups in total. The first-order valence-electron chi connectivity index (χ1n) is 12.2. The number of fused-ring (bicyclic) bond motifs is 1. The van der Waals surface area contributed by atoms with Gasteiger partial charge in [-0.3, -0.25) is 24.5 Å². The van der Waals surface area contributed by atoms with Crippen LogP contribution in [0.5, 0.6) is 0 Å². The molecule has 0 bridgehead atoms. The number of amides is 4. The summed E-state index contributed by atoms with van der Waals surface area (Å²) in [6.07, 6.45) is 0. The van der Waals surface area contributed by atoms with Crippen LogP contribution >= 0.6 is 11.6 Å². The topological polar surface area (TPSA) is 86.8 Å². The van der Waals surface area contributed by atoms with Crippen LogP contribution in [0.15, 0.2) is 42.5 Å². The molecule has 2 aromatic rings. The van der Waals surface area contributed by atoms with E-state index in [1.165, 1.54) is 25.0 Å². The van der Waals surface area contributed by atoms with Crippen LogP contribution in [0.1, 0.15) is 27.0 Å². The predicted octanol–water partition coefficient (Wildman–Crippen LogP) is -3.28. The molecule has 16 heteroatoms. The fourth-order valence-corrected chi connectivity index (χ4v) is 5.34. The molecule has 1 fully saturated rings. The second-order valence-electron chi connectivity index (χ2n) is 11.2. The van der Waals surface area contributed by atoms with E-state index in [0.29, 0.717) is 16.7 Å². The van der Waals surface area contributed by atoms with Crippen LogP contribution in [0.2, 0.25) is 15.5 Å². The van der Waals surface area contributed by atoms with Gasteiger partial charge in [0.1, 0.15) is 39.2 Å². The molecular formula is C22H24B6ClF2N3O4. The normalized spacial score (nSPS) is 22.1. The average Bonchev–Trinajstić information content (AvgIpc) is 3.17. The lowest BCUT2D eigenvalue weighted by Crippen LogP contribution is -2.75. The number of hydrogen-bond donors (Lipinski definition) is 1. The summed E-state index contributed by atoms with van der Waals surface area (Å²) in [5.41, 5.74) is -0.258. The maximum absolute atomic E-state index is 14.9. The van der Waals surface area contributed by atoms with Crippen molar-refractivity contribution in [3.63, 3.8) is 0 Å². The number of rotatable bonds is 5. The summed E-state index contributed by atoms with van der Waals surface area (Å²) in [6.45, 7) is -0.0213. The molecule has 0 spiro atoms. The Balaban J connectivity index is 1.58. The van der Waals surface area contributed by atoms with Crippen LogP contribution in [-0.4, -0.2) is 86.0 Å². The van der Waals surface area contributed by atoms with Gasteiger partial charge in [0.2, 0.25) is 19.8 Å². The van der Waals surface area contributed by atoms with Gasteiger partial charge in [-0.1, -0.05) is 41.1 Å². The minimum Gasteiger partial charge on any atom is -0.384 e. The lowest BCUT2D eigenvalue weighted by Gasteiger charge is -2.59. The predicted molar refractivity (Wildman–Crippen MR) is 155 cm³/mol. The number of halogens is 3. The summed E-state index contributed by atoms with van der Waals surface area (Å²) < 4.78 is 29.7. The molecule has 1 saturated heterocycles. The fourth-order valence-electron chi connectivity index (χ4n) is 5.22. The number of carbonyl (C=O) groups excluding carboxylic acids is 4. The number of piperidine rings is 1. The van der Waals surface area contributed by atoms with Gasteiger partial charge >= 0.3 is 5.92 Å². The quantitative estimate of drug-likeness (QED) is 0.323. The lowest BCUT2D eigenvalue weighted by atomic mass is 9.21. The molecule has 0 saturated carbocycles. The Morgan fingerprint density at radius 1 is 1.03 bits per heavy atom. The highest BCUT2D eigenvalue weighted by Crippen LogP contribution is 2.55. The van der Waals surface area contributed by atoms with Crippen LogP contribution < -0.4 is 5.32 Å². The average molecular weight is 533 g/mol. The Kier molecular flexibility index (Phi) is 6.70. The van der Waals surface area contributed by atoms with Crippen molar-refractivity contribution >= 4 is 82.4 Å². The molecule has 38 heavy (non-hydrogen) atoms. The number of carbonyl (C=O) groups is 4. The van der Waals surface area contributed by atoms with E-state index in [1.807, 2.05) is 0 Å². The van der Waals surface area contributed by atoms with E-state index in [4.69, 9.17) is 11.6 Å². The highest BCUT2D eigenvalue weighted by atomic mass is 35.5. The van der Waals surface area contributed by atoms with Gasteiger partial charge in [-0.2, -0.15) is 8.78 Å². The van der Waals surface area contributed by atoms with Crippen LogP contribution in [0.4, 0.5) is 8.78 Å². The van der Waals surface area contributed by atoms with E-state index in [2.05, 4.69) is 5.32 Å². The first kappa shape index (κ1) is 28.1. The van der Waals surface area contributed by atoms with Crippen LogP contribution in [0.25, 0.3) is 0 Å². The van der Waals surface area contributed by atoms with E-state index in [1.54, 1.807) is 57.4 Å². The largest absolute Gasteiger partial charge is 0.384 e. The minimum atomic E-state index is -3.75. The molecule has 0 aromatic heterocycles. The van der Waals surface area contributed by atoms with Gasteiger partial charge in [0.15, 0.2) is 0 Å². The first-order valence-corrected chi connectivity index (χ1v) is 12.5. The van der Waals surface area contributed by atoms with Crippen molar-refractivity contribution in [1.29, 1.82) is 0 Å². The summed E-state index contributed by atoms with van der Waals surface area (Å²) in [6, 6.07) is 9.69. The molecule has 0 radical (unpaired) electrons.